The number of aldehydes is 1. The Hall–Kier alpha value is -0.422. The van der Waals surface area contributed by atoms with Gasteiger partial charge in [0.2, 0.25) is 0 Å². The van der Waals surface area contributed by atoms with Gasteiger partial charge in [-0.1, -0.05) is 0 Å². The normalized spacial score (nSPS) is 6.80. The van der Waals surface area contributed by atoms with Crippen LogP contribution in [0.5, 0.6) is 0 Å². The molecule has 0 aliphatic heterocycles. The molecule has 0 saturated carbocycles. The molecule has 0 N–H and O–H groups in total. The Morgan fingerprint density at radius 1 is 1.40 bits per heavy atom. The Morgan fingerprint density at radius 3 is 2.40 bits per heavy atom. The minimum atomic E-state index is 0. The standard InChI is InChI=1S/C7H5O.CH3.W/c8-6-7-4-2-1-3-5-7;;/h1-4,6H;1H3;/q2*-1;+2. The van der Waals surface area contributed by atoms with Crippen molar-refractivity contribution in [1.82, 2.24) is 0 Å². The average Bonchev–Trinajstić information content (AvgIpc) is 1.90. The van der Waals surface area contributed by atoms with Crippen LogP contribution in [0.1, 0.15) is 10.4 Å². The predicted molar refractivity (Wildman–Crippen MR) is 37.1 cm³/mol. The van der Waals surface area contributed by atoms with Crippen LogP contribution in [-0.4, -0.2) is 6.29 Å². The molecule has 0 unspecified atom stereocenters. The first-order chi connectivity index (χ1) is 3.93. The molecular weight excluding hydrogens is 296 g/mol. The van der Waals surface area contributed by atoms with Gasteiger partial charge in [-0.05, 0) is 0 Å². The van der Waals surface area contributed by atoms with Crippen molar-refractivity contribution in [3.8, 4) is 0 Å². The fourth-order valence-corrected chi connectivity index (χ4v) is 0.481. The summed E-state index contributed by atoms with van der Waals surface area (Å²) in [5, 5.41) is 0. The number of rotatable bonds is 1. The second kappa shape index (κ2) is 6.69. The summed E-state index contributed by atoms with van der Waals surface area (Å²) < 4.78 is 0. The molecule has 0 bridgehead atoms. The maximum absolute atomic E-state index is 9.98. The van der Waals surface area contributed by atoms with Crippen molar-refractivity contribution < 1.29 is 25.9 Å². The summed E-state index contributed by atoms with van der Waals surface area (Å²) in [5.41, 5.74) is 0.604. The van der Waals surface area contributed by atoms with E-state index in [0.29, 0.717) is 5.56 Å². The van der Waals surface area contributed by atoms with Crippen LogP contribution in [0, 0.1) is 13.5 Å². The number of hydrogen-bond acceptors (Lipinski definition) is 1. The summed E-state index contributed by atoms with van der Waals surface area (Å²) in [4.78, 5) is 9.98. The van der Waals surface area contributed by atoms with Gasteiger partial charge in [0.25, 0.3) is 0 Å². The van der Waals surface area contributed by atoms with Gasteiger partial charge in [0.05, 0.1) is 6.29 Å². The van der Waals surface area contributed by atoms with Crippen LogP contribution in [0.4, 0.5) is 0 Å². The first-order valence-corrected chi connectivity index (χ1v) is 2.35. The Morgan fingerprint density at radius 2 is 2.10 bits per heavy atom. The van der Waals surface area contributed by atoms with Crippen LogP contribution >= 0.6 is 0 Å². The molecule has 1 aromatic carbocycles. The molecule has 0 aromatic heterocycles. The van der Waals surface area contributed by atoms with E-state index in [9.17, 15) is 4.79 Å². The summed E-state index contributed by atoms with van der Waals surface area (Å²) in [6, 6.07) is 9.81. The van der Waals surface area contributed by atoms with Crippen LogP contribution in [0.25, 0.3) is 0 Å². The number of hydrogen-bond donors (Lipinski definition) is 0. The molecule has 0 aliphatic rings. The van der Waals surface area contributed by atoms with Crippen LogP contribution in [0.3, 0.4) is 0 Å². The summed E-state index contributed by atoms with van der Waals surface area (Å²) >= 11 is 0. The zero-order chi connectivity index (χ0) is 5.82. The van der Waals surface area contributed by atoms with Gasteiger partial charge in [-0.3, -0.25) is 0 Å². The van der Waals surface area contributed by atoms with Crippen molar-refractivity contribution in [2.24, 2.45) is 0 Å². The first-order valence-electron chi connectivity index (χ1n) is 2.35. The Kier molecular flexibility index (Phi) is 8.22. The molecule has 0 aliphatic carbocycles. The molecule has 1 aromatic rings. The number of benzene rings is 1. The Labute approximate surface area is 75.7 Å². The van der Waals surface area contributed by atoms with E-state index < -0.39 is 0 Å². The summed E-state index contributed by atoms with van der Waals surface area (Å²) in [6.45, 7) is 0. The van der Waals surface area contributed by atoms with Gasteiger partial charge < -0.3 is 12.2 Å². The second-order valence-corrected chi connectivity index (χ2v) is 1.44. The van der Waals surface area contributed by atoms with Gasteiger partial charge in [0.15, 0.2) is 0 Å². The zero-order valence-corrected chi connectivity index (χ0v) is 8.64. The molecule has 0 atom stereocenters. The van der Waals surface area contributed by atoms with Gasteiger partial charge in [-0.25, -0.2) is 0 Å². The minimum absolute atomic E-state index is 0. The topological polar surface area (TPSA) is 17.1 Å². The smallest absolute Gasteiger partial charge is 0.358 e. The van der Waals surface area contributed by atoms with Crippen molar-refractivity contribution in [1.29, 1.82) is 0 Å². The number of carbonyl (C=O) groups excluding carboxylic acids is 1. The Balaban J connectivity index is 0. The van der Waals surface area contributed by atoms with Gasteiger partial charge >= 0.3 is 21.1 Å². The van der Waals surface area contributed by atoms with Crippen molar-refractivity contribution in [2.45, 2.75) is 0 Å². The van der Waals surface area contributed by atoms with Gasteiger partial charge in [-0.2, -0.15) is 0 Å². The van der Waals surface area contributed by atoms with Crippen LogP contribution in [0.15, 0.2) is 24.3 Å². The third kappa shape index (κ3) is 3.57. The third-order valence-electron chi connectivity index (χ3n) is 0.860. The fraction of sp³-hybridized carbons (Fsp3) is 0. The molecule has 2 heteroatoms. The van der Waals surface area contributed by atoms with Gasteiger partial charge in [-0.15, -0.1) is 35.9 Å². The molecule has 0 fully saturated rings. The molecule has 1 nitrogen and oxygen atoms in total. The fourth-order valence-electron chi connectivity index (χ4n) is 0.481. The van der Waals surface area contributed by atoms with E-state index >= 15 is 0 Å². The summed E-state index contributed by atoms with van der Waals surface area (Å²) in [6.07, 6.45) is 0.778. The molecule has 0 heterocycles. The SMILES string of the molecule is O=Cc1[c-]cccc1.[CH3-].[W+2]. The van der Waals surface area contributed by atoms with E-state index in [4.69, 9.17) is 0 Å². The van der Waals surface area contributed by atoms with Crippen LogP contribution in [-0.2, 0) is 21.1 Å². The van der Waals surface area contributed by atoms with E-state index in [1.54, 1.807) is 18.2 Å². The van der Waals surface area contributed by atoms with Crippen LogP contribution < -0.4 is 0 Å². The predicted octanol–water partition coefficient (Wildman–Crippen LogP) is 1.75. The third-order valence-corrected chi connectivity index (χ3v) is 0.860. The van der Waals surface area contributed by atoms with Crippen molar-refractivity contribution in [2.75, 3.05) is 0 Å². The molecule has 1 rings (SSSR count). The van der Waals surface area contributed by atoms with Crippen molar-refractivity contribution in [3.05, 3.63) is 43.3 Å². The van der Waals surface area contributed by atoms with Gasteiger partial charge in [0, 0.05) is 0 Å². The van der Waals surface area contributed by atoms with Crippen molar-refractivity contribution >= 4 is 6.29 Å². The molecule has 0 radical (unpaired) electrons. The largest absolute Gasteiger partial charge is 2.00 e. The van der Waals surface area contributed by atoms with E-state index in [-0.39, 0.29) is 28.5 Å². The zero-order valence-electron chi connectivity index (χ0n) is 5.70. The number of carbonyl (C=O) groups is 1. The molecular formula is C8H8OW. The molecule has 10 heavy (non-hydrogen) atoms. The minimum Gasteiger partial charge on any atom is -0.358 e. The molecule has 52 valence electrons. The maximum Gasteiger partial charge on any atom is 2.00 e. The van der Waals surface area contributed by atoms with E-state index in [1.165, 1.54) is 0 Å². The molecule has 0 amide bonds. The van der Waals surface area contributed by atoms with Crippen molar-refractivity contribution in [3.63, 3.8) is 0 Å². The van der Waals surface area contributed by atoms with E-state index in [2.05, 4.69) is 6.07 Å². The molecule has 0 spiro atoms. The summed E-state index contributed by atoms with van der Waals surface area (Å²) in [5.74, 6) is 0. The Bertz CT molecular complexity index is 172. The first kappa shape index (κ1) is 12.3. The second-order valence-electron chi connectivity index (χ2n) is 1.44. The maximum atomic E-state index is 9.98. The average molecular weight is 304 g/mol. The van der Waals surface area contributed by atoms with E-state index in [0.717, 1.165) is 6.29 Å². The monoisotopic (exact) mass is 304 g/mol. The van der Waals surface area contributed by atoms with E-state index in [1.807, 2.05) is 6.07 Å². The summed E-state index contributed by atoms with van der Waals surface area (Å²) in [7, 11) is 0. The van der Waals surface area contributed by atoms with Gasteiger partial charge in [0.1, 0.15) is 0 Å². The quantitative estimate of drug-likeness (QED) is 0.571. The van der Waals surface area contributed by atoms with Crippen LogP contribution in [0.2, 0.25) is 0 Å². The molecule has 0 saturated heterocycles.